The van der Waals surface area contributed by atoms with Crippen LogP contribution in [0.1, 0.15) is 45.0 Å². The van der Waals surface area contributed by atoms with E-state index in [1.807, 2.05) is 6.92 Å². The van der Waals surface area contributed by atoms with Gasteiger partial charge < -0.3 is 9.84 Å². The molecule has 0 aliphatic heterocycles. The lowest BCUT2D eigenvalue weighted by Crippen LogP contribution is -2.03. The Labute approximate surface area is 121 Å². The zero-order valence-electron chi connectivity index (χ0n) is 11.6. The van der Waals surface area contributed by atoms with Gasteiger partial charge in [0.15, 0.2) is 5.78 Å². The number of aliphatic hydroxyl groups is 1. The van der Waals surface area contributed by atoms with Crippen LogP contribution < -0.4 is 0 Å². The predicted molar refractivity (Wildman–Crippen MR) is 78.4 cm³/mol. The Balaban J connectivity index is 2.76. The zero-order chi connectivity index (χ0) is 14.9. The summed E-state index contributed by atoms with van der Waals surface area (Å²) in [5.41, 5.74) is 2.05. The molecule has 0 bridgehead atoms. The number of ketones is 1. The number of fused-ring (bicyclic) bond motifs is 1. The molecular formula is C15H16O4S. The summed E-state index contributed by atoms with van der Waals surface area (Å²) in [6.45, 7) is 5.23. The molecule has 0 amide bonds. The first-order chi connectivity index (χ1) is 9.51. The molecule has 0 saturated carbocycles. The SMILES string of the molecule is CCOC(=O)c1sc2c(C(C)=O)ccc(CO)c2c1C. The number of Topliss-reactive ketones (excluding diaryl/α,β-unsaturated/α-hetero) is 1. The van der Waals surface area contributed by atoms with Gasteiger partial charge in [0.05, 0.1) is 13.2 Å². The molecule has 0 saturated heterocycles. The van der Waals surface area contributed by atoms with Crippen molar-refractivity contribution in [3.8, 4) is 0 Å². The summed E-state index contributed by atoms with van der Waals surface area (Å²) in [5.74, 6) is -0.444. The van der Waals surface area contributed by atoms with Crippen LogP contribution in [0.15, 0.2) is 12.1 Å². The summed E-state index contributed by atoms with van der Waals surface area (Å²) in [6.07, 6.45) is 0. The van der Waals surface area contributed by atoms with Crippen LogP contribution in [0.2, 0.25) is 0 Å². The van der Waals surface area contributed by atoms with E-state index in [1.165, 1.54) is 18.3 Å². The third-order valence-corrected chi connectivity index (χ3v) is 4.48. The molecule has 106 valence electrons. The number of rotatable bonds is 4. The molecule has 1 aromatic carbocycles. The summed E-state index contributed by atoms with van der Waals surface area (Å²) in [5, 5.41) is 10.2. The topological polar surface area (TPSA) is 63.6 Å². The summed E-state index contributed by atoms with van der Waals surface area (Å²) in [6, 6.07) is 3.43. The summed E-state index contributed by atoms with van der Waals surface area (Å²) < 4.78 is 5.78. The van der Waals surface area contributed by atoms with E-state index in [1.54, 1.807) is 19.1 Å². The number of hydrogen-bond donors (Lipinski definition) is 1. The third kappa shape index (κ3) is 2.34. The number of benzene rings is 1. The third-order valence-electron chi connectivity index (χ3n) is 3.17. The van der Waals surface area contributed by atoms with E-state index in [4.69, 9.17) is 4.74 Å². The largest absolute Gasteiger partial charge is 0.462 e. The first-order valence-corrected chi connectivity index (χ1v) is 7.16. The molecule has 0 unspecified atom stereocenters. The van der Waals surface area contributed by atoms with Gasteiger partial charge in [-0.05, 0) is 38.0 Å². The van der Waals surface area contributed by atoms with Gasteiger partial charge in [0.25, 0.3) is 0 Å². The van der Waals surface area contributed by atoms with Crippen molar-refractivity contribution in [2.24, 2.45) is 0 Å². The second kappa shape index (κ2) is 5.73. The fourth-order valence-electron chi connectivity index (χ4n) is 2.23. The fraction of sp³-hybridized carbons (Fsp3) is 0.333. The van der Waals surface area contributed by atoms with Gasteiger partial charge in [-0.15, -0.1) is 11.3 Å². The zero-order valence-corrected chi connectivity index (χ0v) is 12.5. The molecule has 0 atom stereocenters. The molecule has 4 nitrogen and oxygen atoms in total. The number of carbonyl (C=O) groups is 2. The lowest BCUT2D eigenvalue weighted by molar-refractivity contribution is 0.0531. The van der Waals surface area contributed by atoms with Gasteiger partial charge in [-0.1, -0.05) is 6.07 Å². The Morgan fingerprint density at radius 2 is 2.05 bits per heavy atom. The molecule has 20 heavy (non-hydrogen) atoms. The van der Waals surface area contributed by atoms with Crippen LogP contribution in [0.3, 0.4) is 0 Å². The van der Waals surface area contributed by atoms with Gasteiger partial charge in [-0.3, -0.25) is 4.79 Å². The highest BCUT2D eigenvalue weighted by Gasteiger charge is 2.21. The first kappa shape index (κ1) is 14.7. The highest BCUT2D eigenvalue weighted by molar-refractivity contribution is 7.21. The Morgan fingerprint density at radius 3 is 2.60 bits per heavy atom. The quantitative estimate of drug-likeness (QED) is 0.695. The summed E-state index contributed by atoms with van der Waals surface area (Å²) >= 11 is 1.25. The minimum absolute atomic E-state index is 0.0591. The molecule has 0 spiro atoms. The maximum Gasteiger partial charge on any atom is 0.348 e. The predicted octanol–water partition coefficient (Wildman–Crippen LogP) is 3.08. The first-order valence-electron chi connectivity index (χ1n) is 6.35. The van der Waals surface area contributed by atoms with E-state index < -0.39 is 0 Å². The Bertz CT molecular complexity index is 685. The van der Waals surface area contributed by atoms with Gasteiger partial charge in [0.1, 0.15) is 4.88 Å². The van der Waals surface area contributed by atoms with Gasteiger partial charge in [0.2, 0.25) is 0 Å². The average molecular weight is 292 g/mol. The molecule has 1 N–H and O–H groups in total. The van der Waals surface area contributed by atoms with Crippen LogP contribution in [0.4, 0.5) is 0 Å². The molecule has 0 aliphatic rings. The van der Waals surface area contributed by atoms with Crippen LogP contribution >= 0.6 is 11.3 Å². The Kier molecular flexibility index (Phi) is 4.20. The molecule has 1 heterocycles. The van der Waals surface area contributed by atoms with Crippen molar-refractivity contribution in [2.45, 2.75) is 27.4 Å². The lowest BCUT2D eigenvalue weighted by Gasteiger charge is -2.04. The molecule has 0 aliphatic carbocycles. The normalized spacial score (nSPS) is 10.8. The van der Waals surface area contributed by atoms with Crippen LogP contribution in [-0.2, 0) is 11.3 Å². The van der Waals surface area contributed by atoms with Gasteiger partial charge in [-0.2, -0.15) is 0 Å². The molecule has 1 aromatic heterocycles. The fourth-order valence-corrected chi connectivity index (χ4v) is 3.54. The van der Waals surface area contributed by atoms with Gasteiger partial charge in [0, 0.05) is 15.6 Å². The number of thiophene rings is 1. The van der Waals surface area contributed by atoms with Crippen molar-refractivity contribution < 1.29 is 19.4 Å². The van der Waals surface area contributed by atoms with E-state index in [-0.39, 0.29) is 18.4 Å². The van der Waals surface area contributed by atoms with E-state index in [9.17, 15) is 14.7 Å². The number of hydrogen-bond acceptors (Lipinski definition) is 5. The Hall–Kier alpha value is -1.72. The summed E-state index contributed by atoms with van der Waals surface area (Å²) in [4.78, 5) is 24.2. The second-order valence-corrected chi connectivity index (χ2v) is 5.49. The highest BCUT2D eigenvalue weighted by atomic mass is 32.1. The van der Waals surface area contributed by atoms with E-state index >= 15 is 0 Å². The van der Waals surface area contributed by atoms with E-state index in [0.717, 1.165) is 15.6 Å². The minimum atomic E-state index is -0.385. The number of ether oxygens (including phenoxy) is 1. The second-order valence-electron chi connectivity index (χ2n) is 4.47. The maximum absolute atomic E-state index is 12.0. The van der Waals surface area contributed by atoms with Crippen LogP contribution in [0.25, 0.3) is 10.1 Å². The number of carbonyl (C=O) groups excluding carboxylic acids is 2. The molecule has 2 aromatic rings. The smallest absolute Gasteiger partial charge is 0.348 e. The van der Waals surface area contributed by atoms with Gasteiger partial charge in [-0.25, -0.2) is 4.79 Å². The number of aliphatic hydroxyl groups excluding tert-OH is 1. The van der Waals surface area contributed by atoms with Crippen molar-refractivity contribution in [3.05, 3.63) is 33.7 Å². The molecule has 5 heteroatoms. The average Bonchev–Trinajstić information content (AvgIpc) is 2.76. The van der Waals surface area contributed by atoms with E-state index in [0.29, 0.717) is 22.6 Å². The Morgan fingerprint density at radius 1 is 1.35 bits per heavy atom. The maximum atomic E-state index is 12.0. The van der Waals surface area contributed by atoms with Crippen molar-refractivity contribution in [3.63, 3.8) is 0 Å². The van der Waals surface area contributed by atoms with Gasteiger partial charge >= 0.3 is 5.97 Å². The minimum Gasteiger partial charge on any atom is -0.462 e. The van der Waals surface area contributed by atoms with Crippen molar-refractivity contribution >= 4 is 33.2 Å². The molecule has 2 rings (SSSR count). The van der Waals surface area contributed by atoms with Crippen LogP contribution in [0, 0.1) is 6.92 Å². The molecule has 0 fully saturated rings. The number of aryl methyl sites for hydroxylation is 1. The van der Waals surface area contributed by atoms with Crippen LogP contribution in [-0.4, -0.2) is 23.5 Å². The molecular weight excluding hydrogens is 276 g/mol. The van der Waals surface area contributed by atoms with Crippen molar-refractivity contribution in [1.29, 1.82) is 0 Å². The standard InChI is InChI=1S/C15H16O4S/c1-4-19-15(18)13-8(2)12-10(7-16)5-6-11(9(3)17)14(12)20-13/h5-6,16H,4,7H2,1-3H3. The van der Waals surface area contributed by atoms with Crippen molar-refractivity contribution in [1.82, 2.24) is 0 Å². The molecule has 0 radical (unpaired) electrons. The highest BCUT2D eigenvalue weighted by Crippen LogP contribution is 2.36. The van der Waals surface area contributed by atoms with E-state index in [2.05, 4.69) is 0 Å². The lowest BCUT2D eigenvalue weighted by atomic mass is 10.0. The van der Waals surface area contributed by atoms with Crippen molar-refractivity contribution in [2.75, 3.05) is 6.61 Å². The van der Waals surface area contributed by atoms with Crippen LogP contribution in [0.5, 0.6) is 0 Å². The monoisotopic (exact) mass is 292 g/mol. The number of esters is 1. The summed E-state index contributed by atoms with van der Waals surface area (Å²) in [7, 11) is 0.